The van der Waals surface area contributed by atoms with Crippen LogP contribution in [0.25, 0.3) is 0 Å². The van der Waals surface area contributed by atoms with Crippen molar-refractivity contribution in [1.29, 1.82) is 0 Å². The van der Waals surface area contributed by atoms with E-state index >= 15 is 0 Å². The van der Waals surface area contributed by atoms with E-state index in [1.807, 2.05) is 18.0 Å². The highest BCUT2D eigenvalue weighted by Crippen LogP contribution is 2.21. The number of hydrogen-bond acceptors (Lipinski definition) is 1. The third kappa shape index (κ3) is 3.38. The summed E-state index contributed by atoms with van der Waals surface area (Å²) in [6.45, 7) is 5.07. The van der Waals surface area contributed by atoms with Gasteiger partial charge in [0.2, 0.25) is 0 Å². The van der Waals surface area contributed by atoms with Gasteiger partial charge in [0.05, 0.1) is 5.69 Å². The van der Waals surface area contributed by atoms with Gasteiger partial charge in [-0.3, -0.25) is 0 Å². The molecule has 0 unspecified atom stereocenters. The summed E-state index contributed by atoms with van der Waals surface area (Å²) in [6, 6.07) is 5.15. The van der Waals surface area contributed by atoms with Gasteiger partial charge in [-0.2, -0.15) is 0 Å². The second kappa shape index (κ2) is 5.36. The molecular weight excluding hydrogens is 213 g/mol. The van der Waals surface area contributed by atoms with Gasteiger partial charge in [0.15, 0.2) is 0 Å². The molecule has 0 atom stereocenters. The molecule has 1 aromatic rings. The minimum absolute atomic E-state index is 0.198. The van der Waals surface area contributed by atoms with Gasteiger partial charge in [-0.05, 0) is 23.6 Å². The Balaban J connectivity index is 2.85. The largest absolute Gasteiger partial charge is 0.372 e. The Kier molecular flexibility index (Phi) is 4.40. The van der Waals surface area contributed by atoms with Crippen LogP contribution in [0.3, 0.4) is 0 Å². The SMILES string of the molecule is CC(C)CN(C)c1ccc(CCl)cc1F. The van der Waals surface area contributed by atoms with E-state index in [9.17, 15) is 4.39 Å². The summed E-state index contributed by atoms with van der Waals surface area (Å²) >= 11 is 5.63. The third-order valence-electron chi connectivity index (χ3n) is 2.22. The molecule has 0 saturated carbocycles. The van der Waals surface area contributed by atoms with Crippen LogP contribution in [0.5, 0.6) is 0 Å². The highest BCUT2D eigenvalue weighted by molar-refractivity contribution is 6.17. The number of anilines is 1. The van der Waals surface area contributed by atoms with Crippen LogP contribution in [-0.2, 0) is 5.88 Å². The Bertz CT molecular complexity index is 325. The molecule has 0 spiro atoms. The minimum Gasteiger partial charge on any atom is -0.372 e. The van der Waals surface area contributed by atoms with Crippen LogP contribution in [0.4, 0.5) is 10.1 Å². The summed E-state index contributed by atoms with van der Waals surface area (Å²) in [5.74, 6) is 0.670. The molecule has 0 fully saturated rings. The lowest BCUT2D eigenvalue weighted by Crippen LogP contribution is -2.23. The molecule has 0 saturated heterocycles. The van der Waals surface area contributed by atoms with E-state index in [-0.39, 0.29) is 5.82 Å². The zero-order valence-electron chi connectivity index (χ0n) is 9.43. The first kappa shape index (κ1) is 12.3. The van der Waals surface area contributed by atoms with E-state index in [4.69, 9.17) is 11.6 Å². The van der Waals surface area contributed by atoms with Crippen molar-refractivity contribution in [2.24, 2.45) is 5.92 Å². The Morgan fingerprint density at radius 3 is 2.53 bits per heavy atom. The maximum absolute atomic E-state index is 13.6. The smallest absolute Gasteiger partial charge is 0.146 e. The highest BCUT2D eigenvalue weighted by atomic mass is 35.5. The van der Waals surface area contributed by atoms with E-state index in [2.05, 4.69) is 13.8 Å². The first-order valence-electron chi connectivity index (χ1n) is 5.10. The average molecular weight is 230 g/mol. The molecule has 0 aliphatic carbocycles. The van der Waals surface area contributed by atoms with Gasteiger partial charge in [-0.25, -0.2) is 4.39 Å². The second-order valence-electron chi connectivity index (χ2n) is 4.19. The van der Waals surface area contributed by atoms with Gasteiger partial charge in [0.1, 0.15) is 5.82 Å². The van der Waals surface area contributed by atoms with Gasteiger partial charge in [0, 0.05) is 19.5 Å². The zero-order valence-corrected chi connectivity index (χ0v) is 10.2. The minimum atomic E-state index is -0.198. The van der Waals surface area contributed by atoms with Crippen molar-refractivity contribution in [3.05, 3.63) is 29.6 Å². The number of benzene rings is 1. The topological polar surface area (TPSA) is 3.24 Å². The Morgan fingerprint density at radius 1 is 1.40 bits per heavy atom. The van der Waals surface area contributed by atoms with Gasteiger partial charge in [-0.1, -0.05) is 19.9 Å². The summed E-state index contributed by atoms with van der Waals surface area (Å²) in [7, 11) is 1.90. The first-order chi connectivity index (χ1) is 7.04. The van der Waals surface area contributed by atoms with Crippen LogP contribution in [0.15, 0.2) is 18.2 Å². The summed E-state index contributed by atoms with van der Waals surface area (Å²) in [4.78, 5) is 1.93. The van der Waals surface area contributed by atoms with Gasteiger partial charge < -0.3 is 4.90 Å². The normalized spacial score (nSPS) is 10.8. The number of rotatable bonds is 4. The summed E-state index contributed by atoms with van der Waals surface area (Å²) in [6.07, 6.45) is 0. The monoisotopic (exact) mass is 229 g/mol. The van der Waals surface area contributed by atoms with Crippen LogP contribution in [0.2, 0.25) is 0 Å². The molecule has 0 aromatic heterocycles. The second-order valence-corrected chi connectivity index (χ2v) is 4.46. The number of alkyl halides is 1. The molecule has 0 amide bonds. The molecule has 0 aliphatic rings. The van der Waals surface area contributed by atoms with Gasteiger partial charge in [-0.15, -0.1) is 11.6 Å². The molecule has 0 aliphatic heterocycles. The molecule has 0 radical (unpaired) electrons. The maximum Gasteiger partial charge on any atom is 0.146 e. The van der Waals surface area contributed by atoms with Crippen LogP contribution in [-0.4, -0.2) is 13.6 Å². The fourth-order valence-electron chi connectivity index (χ4n) is 1.59. The molecule has 1 rings (SSSR count). The summed E-state index contributed by atoms with van der Waals surface area (Å²) in [5, 5.41) is 0. The lowest BCUT2D eigenvalue weighted by atomic mass is 10.1. The third-order valence-corrected chi connectivity index (χ3v) is 2.53. The predicted molar refractivity (Wildman–Crippen MR) is 64.1 cm³/mol. The van der Waals surface area contributed by atoms with E-state index in [0.717, 1.165) is 12.1 Å². The lowest BCUT2D eigenvalue weighted by molar-refractivity contribution is 0.598. The Hall–Kier alpha value is -0.760. The summed E-state index contributed by atoms with van der Waals surface area (Å²) in [5.41, 5.74) is 1.45. The van der Waals surface area contributed by atoms with Crippen molar-refractivity contribution in [3.63, 3.8) is 0 Å². The van der Waals surface area contributed by atoms with Crippen LogP contribution in [0.1, 0.15) is 19.4 Å². The average Bonchev–Trinajstić information content (AvgIpc) is 2.16. The summed E-state index contributed by atoms with van der Waals surface area (Å²) < 4.78 is 13.6. The Morgan fingerprint density at radius 2 is 2.07 bits per heavy atom. The lowest BCUT2D eigenvalue weighted by Gasteiger charge is -2.22. The van der Waals surface area contributed by atoms with Crippen molar-refractivity contribution in [2.45, 2.75) is 19.7 Å². The van der Waals surface area contributed by atoms with Gasteiger partial charge in [0.25, 0.3) is 0 Å². The van der Waals surface area contributed by atoms with Gasteiger partial charge >= 0.3 is 0 Å². The molecule has 0 bridgehead atoms. The van der Waals surface area contributed by atoms with E-state index in [1.54, 1.807) is 6.07 Å². The van der Waals surface area contributed by atoms with Crippen molar-refractivity contribution < 1.29 is 4.39 Å². The number of hydrogen-bond donors (Lipinski definition) is 0. The van der Waals surface area contributed by atoms with Crippen molar-refractivity contribution >= 4 is 17.3 Å². The molecule has 15 heavy (non-hydrogen) atoms. The van der Waals surface area contributed by atoms with Crippen molar-refractivity contribution in [1.82, 2.24) is 0 Å². The molecule has 3 heteroatoms. The van der Waals surface area contributed by atoms with Crippen molar-refractivity contribution in [2.75, 3.05) is 18.5 Å². The number of halogens is 2. The molecule has 1 aromatic carbocycles. The standard InChI is InChI=1S/C12H17ClFN/c1-9(2)8-15(3)12-5-4-10(7-13)6-11(12)14/h4-6,9H,7-8H2,1-3H3. The molecular formula is C12H17ClFN. The van der Waals surface area contributed by atoms with Crippen LogP contribution in [0, 0.1) is 11.7 Å². The quantitative estimate of drug-likeness (QED) is 0.713. The molecule has 0 N–H and O–H groups in total. The molecule has 84 valence electrons. The molecule has 0 heterocycles. The highest BCUT2D eigenvalue weighted by Gasteiger charge is 2.09. The van der Waals surface area contributed by atoms with E-state index in [1.165, 1.54) is 6.07 Å². The van der Waals surface area contributed by atoms with Crippen LogP contribution >= 0.6 is 11.6 Å². The number of nitrogens with zero attached hydrogens (tertiary/aromatic N) is 1. The fraction of sp³-hybridized carbons (Fsp3) is 0.500. The Labute approximate surface area is 95.8 Å². The zero-order chi connectivity index (χ0) is 11.4. The molecule has 1 nitrogen and oxygen atoms in total. The van der Waals surface area contributed by atoms with E-state index < -0.39 is 0 Å². The van der Waals surface area contributed by atoms with E-state index in [0.29, 0.717) is 17.5 Å². The fourth-order valence-corrected chi connectivity index (χ4v) is 1.76. The first-order valence-corrected chi connectivity index (χ1v) is 5.63. The van der Waals surface area contributed by atoms with Crippen LogP contribution < -0.4 is 4.90 Å². The maximum atomic E-state index is 13.6. The van der Waals surface area contributed by atoms with Crippen molar-refractivity contribution in [3.8, 4) is 0 Å². The predicted octanol–water partition coefficient (Wildman–Crippen LogP) is 3.66.